The Morgan fingerprint density at radius 1 is 1.03 bits per heavy atom. The normalized spacial score (nSPS) is 32.7. The molecule has 178 valence electrons. The Morgan fingerprint density at radius 3 is 2.06 bits per heavy atom. The van der Waals surface area contributed by atoms with Gasteiger partial charge in [0.2, 0.25) is 11.6 Å². The minimum Gasteiger partial charge on any atom is -0.303 e. The highest BCUT2D eigenvalue weighted by Gasteiger charge is 2.59. The van der Waals surface area contributed by atoms with Crippen molar-refractivity contribution in [1.29, 1.82) is 0 Å². The molecule has 0 saturated heterocycles. The largest absolute Gasteiger partial charge is 0.303 e. The molecule has 2 rings (SSSR count). The molecule has 8 heteroatoms. The summed E-state index contributed by atoms with van der Waals surface area (Å²) in [5.41, 5.74) is -1.47. The minimum absolute atomic E-state index is 0.0266. The summed E-state index contributed by atoms with van der Waals surface area (Å²) in [6, 6.07) is -0.487. The number of carbonyl (C=O) groups excluding carboxylic acids is 2. The Labute approximate surface area is 185 Å². The average Bonchev–Trinajstić information content (AvgIpc) is 2.72. The lowest BCUT2D eigenvalue weighted by Crippen LogP contribution is -2.57. The number of hydrogen-bond donors (Lipinski definition) is 0. The third-order valence-corrected chi connectivity index (χ3v) is 8.16. The number of ketones is 1. The van der Waals surface area contributed by atoms with Crippen molar-refractivity contribution < 1.29 is 19.4 Å². The van der Waals surface area contributed by atoms with Gasteiger partial charge in [0.15, 0.2) is 0 Å². The van der Waals surface area contributed by atoms with Crippen LogP contribution in [0.15, 0.2) is 0 Å². The highest BCUT2D eigenvalue weighted by molar-refractivity contribution is 5.79. The van der Waals surface area contributed by atoms with Gasteiger partial charge in [-0.3, -0.25) is 25.0 Å². The zero-order chi connectivity index (χ0) is 23.8. The number of aldehydes is 1. The molecule has 2 fully saturated rings. The minimum atomic E-state index is -0.961. The molecule has 0 aromatic carbocycles. The molecule has 0 spiro atoms. The van der Waals surface area contributed by atoms with Gasteiger partial charge >= 0.3 is 0 Å². The molecule has 2 aliphatic carbocycles. The number of nitrogens with zero attached hydrogens (tertiary/aromatic N) is 2. The van der Waals surface area contributed by atoms with Crippen molar-refractivity contribution in [3.05, 3.63) is 20.2 Å². The van der Waals surface area contributed by atoms with Crippen LogP contribution in [0.2, 0.25) is 0 Å². The first-order chi connectivity index (χ1) is 14.5. The lowest BCUT2D eigenvalue weighted by Gasteiger charge is -2.47. The van der Waals surface area contributed by atoms with Crippen molar-refractivity contribution >= 4 is 12.1 Å². The number of hydrogen-bond acceptors (Lipinski definition) is 6. The second-order valence-electron chi connectivity index (χ2n) is 9.74. The summed E-state index contributed by atoms with van der Waals surface area (Å²) in [6.07, 6.45) is 8.98. The quantitative estimate of drug-likeness (QED) is 0.288. The van der Waals surface area contributed by atoms with Crippen LogP contribution in [-0.2, 0) is 9.59 Å². The molecule has 0 heterocycles. The Balaban J connectivity index is 0.000000316. The van der Waals surface area contributed by atoms with Crippen molar-refractivity contribution in [3.63, 3.8) is 0 Å². The first-order valence-corrected chi connectivity index (χ1v) is 11.7. The summed E-state index contributed by atoms with van der Waals surface area (Å²) in [5.74, 6) is -0.255. The molecule has 2 aliphatic rings. The highest BCUT2D eigenvalue weighted by atomic mass is 16.6. The van der Waals surface area contributed by atoms with Crippen LogP contribution in [-0.4, -0.2) is 33.5 Å². The molecule has 6 atom stereocenters. The molecule has 3 unspecified atom stereocenters. The van der Waals surface area contributed by atoms with Crippen molar-refractivity contribution in [3.8, 4) is 0 Å². The second-order valence-corrected chi connectivity index (χ2v) is 9.74. The van der Waals surface area contributed by atoms with Gasteiger partial charge in [0.1, 0.15) is 12.1 Å². The number of nitro groups is 2. The van der Waals surface area contributed by atoms with E-state index >= 15 is 0 Å². The van der Waals surface area contributed by atoms with Gasteiger partial charge in [0, 0.05) is 52.8 Å². The topological polar surface area (TPSA) is 120 Å². The van der Waals surface area contributed by atoms with Gasteiger partial charge in [-0.25, -0.2) is 0 Å². The fourth-order valence-corrected chi connectivity index (χ4v) is 5.95. The van der Waals surface area contributed by atoms with Crippen LogP contribution in [0.5, 0.6) is 0 Å². The summed E-state index contributed by atoms with van der Waals surface area (Å²) in [4.78, 5) is 44.4. The molecular formula is C23H40N2O6. The highest BCUT2D eigenvalue weighted by Crippen LogP contribution is 2.52. The average molecular weight is 441 g/mol. The predicted molar refractivity (Wildman–Crippen MR) is 119 cm³/mol. The Morgan fingerprint density at radius 2 is 1.61 bits per heavy atom. The lowest BCUT2D eigenvalue weighted by molar-refractivity contribution is -0.593. The van der Waals surface area contributed by atoms with E-state index in [1.807, 2.05) is 20.8 Å². The van der Waals surface area contributed by atoms with E-state index in [2.05, 4.69) is 0 Å². The Bertz CT molecular complexity index is 654. The molecule has 0 bridgehead atoms. The summed E-state index contributed by atoms with van der Waals surface area (Å²) in [7, 11) is 0. The first kappa shape index (κ1) is 27.2. The summed E-state index contributed by atoms with van der Waals surface area (Å²) in [5, 5.41) is 22.2. The zero-order valence-electron chi connectivity index (χ0n) is 19.8. The van der Waals surface area contributed by atoms with E-state index in [0.717, 1.165) is 51.2 Å². The number of Topliss-reactive ketones (excluding diaryl/α,β-unsaturated/α-hetero) is 1. The molecule has 0 radical (unpaired) electrons. The monoisotopic (exact) mass is 440 g/mol. The summed E-state index contributed by atoms with van der Waals surface area (Å²) in [6.45, 7) is 9.09. The van der Waals surface area contributed by atoms with Gasteiger partial charge in [0.05, 0.1) is 0 Å². The van der Waals surface area contributed by atoms with Crippen LogP contribution in [0.25, 0.3) is 0 Å². The van der Waals surface area contributed by atoms with E-state index in [1.54, 1.807) is 13.8 Å². The molecular weight excluding hydrogens is 400 g/mol. The van der Waals surface area contributed by atoms with Crippen molar-refractivity contribution in [2.45, 2.75) is 110 Å². The molecule has 0 aliphatic heterocycles. The van der Waals surface area contributed by atoms with Gasteiger partial charge in [-0.15, -0.1) is 0 Å². The molecule has 8 nitrogen and oxygen atoms in total. The van der Waals surface area contributed by atoms with E-state index in [0.29, 0.717) is 19.3 Å². The van der Waals surface area contributed by atoms with E-state index < -0.39 is 17.0 Å². The molecule has 0 N–H and O–H groups in total. The third-order valence-electron chi connectivity index (χ3n) is 8.16. The van der Waals surface area contributed by atoms with E-state index in [4.69, 9.17) is 0 Å². The molecule has 0 aromatic rings. The zero-order valence-corrected chi connectivity index (χ0v) is 19.8. The fourth-order valence-electron chi connectivity index (χ4n) is 5.95. The maximum atomic E-state index is 11.8. The van der Waals surface area contributed by atoms with Gasteiger partial charge < -0.3 is 4.79 Å². The lowest BCUT2D eigenvalue weighted by atomic mass is 9.56. The van der Waals surface area contributed by atoms with E-state index in [1.165, 1.54) is 0 Å². The Kier molecular flexibility index (Phi) is 10.2. The van der Waals surface area contributed by atoms with Gasteiger partial charge in [-0.1, -0.05) is 33.6 Å². The smallest absolute Gasteiger partial charge is 0.225 e. The van der Waals surface area contributed by atoms with Crippen molar-refractivity contribution in [1.82, 2.24) is 0 Å². The molecule has 2 saturated carbocycles. The second kappa shape index (κ2) is 11.7. The SMILES string of the molecule is CCC(C(C)=O)C1(C)CCCCC1(C)[N+](=O)[O-].CC[C@H](C=O)[C@@H]1CCCC[C@H]1[N+](=O)[O-]. The van der Waals surface area contributed by atoms with Crippen molar-refractivity contribution in [2.75, 3.05) is 0 Å². The van der Waals surface area contributed by atoms with Crippen LogP contribution in [0.4, 0.5) is 0 Å². The maximum Gasteiger partial charge on any atom is 0.225 e. The standard InChI is InChI=1S/C13H23NO3.C10H17NO3/c1-5-11(10(2)15)12(3)8-6-7-9-13(12,4)14(16)17;1-2-8(7-12)9-5-3-4-6-10(9)11(13)14/h11H,5-9H2,1-4H3;7-10H,2-6H2,1H3/t;8-,9+,10-/m.1/s1. The maximum absolute atomic E-state index is 11.8. The number of carbonyl (C=O) groups is 2. The van der Waals surface area contributed by atoms with E-state index in [-0.39, 0.29) is 33.4 Å². The van der Waals surface area contributed by atoms with Crippen LogP contribution in [0.3, 0.4) is 0 Å². The fraction of sp³-hybridized carbons (Fsp3) is 0.913. The van der Waals surface area contributed by atoms with Gasteiger partial charge in [0.25, 0.3) is 0 Å². The van der Waals surface area contributed by atoms with Crippen LogP contribution in [0, 0.1) is 43.4 Å². The van der Waals surface area contributed by atoms with Crippen LogP contribution >= 0.6 is 0 Å². The Hall–Kier alpha value is -1.86. The summed E-state index contributed by atoms with van der Waals surface area (Å²) >= 11 is 0. The van der Waals surface area contributed by atoms with Crippen LogP contribution in [0.1, 0.15) is 98.8 Å². The molecule has 0 aromatic heterocycles. The molecule has 31 heavy (non-hydrogen) atoms. The van der Waals surface area contributed by atoms with Gasteiger partial charge in [-0.2, -0.15) is 0 Å². The first-order valence-electron chi connectivity index (χ1n) is 11.7. The predicted octanol–water partition coefficient (Wildman–Crippen LogP) is 5.26. The number of rotatable bonds is 8. The third kappa shape index (κ3) is 5.89. The summed E-state index contributed by atoms with van der Waals surface area (Å²) < 4.78 is 0. The van der Waals surface area contributed by atoms with E-state index in [9.17, 15) is 29.8 Å². The van der Waals surface area contributed by atoms with Crippen molar-refractivity contribution in [2.24, 2.45) is 23.2 Å². The van der Waals surface area contributed by atoms with Crippen LogP contribution < -0.4 is 0 Å². The molecule has 0 amide bonds. The van der Waals surface area contributed by atoms with Gasteiger partial charge in [-0.05, 0) is 45.4 Å².